The number of hydrogen-bond acceptors (Lipinski definition) is 4. The lowest BCUT2D eigenvalue weighted by Gasteiger charge is -2.07. The van der Waals surface area contributed by atoms with Gasteiger partial charge in [-0.1, -0.05) is 0 Å². The normalized spacial score (nSPS) is 9.81. The van der Waals surface area contributed by atoms with Crippen LogP contribution in [0.5, 0.6) is 5.75 Å². The Hall–Kier alpha value is -2.23. The Labute approximate surface area is 94.1 Å². The van der Waals surface area contributed by atoms with E-state index in [0.717, 1.165) is 22.8 Å². The van der Waals surface area contributed by atoms with E-state index in [2.05, 4.69) is 10.3 Å². The van der Waals surface area contributed by atoms with Gasteiger partial charge in [-0.25, -0.2) is 0 Å². The van der Waals surface area contributed by atoms with E-state index in [1.165, 1.54) is 0 Å². The number of nitrogens with zero attached hydrogens (tertiary/aromatic N) is 1. The molecule has 0 radical (unpaired) electrons. The van der Waals surface area contributed by atoms with Crippen LogP contribution in [-0.4, -0.2) is 12.1 Å². The third-order valence-corrected chi connectivity index (χ3v) is 2.15. The van der Waals surface area contributed by atoms with Crippen molar-refractivity contribution < 1.29 is 4.74 Å². The summed E-state index contributed by atoms with van der Waals surface area (Å²) in [5.74, 6) is 0.723. The molecule has 0 fully saturated rings. The van der Waals surface area contributed by atoms with Crippen molar-refractivity contribution in [2.24, 2.45) is 0 Å². The summed E-state index contributed by atoms with van der Waals surface area (Å²) in [6.45, 7) is 0. The van der Waals surface area contributed by atoms with Crippen molar-refractivity contribution in [3.05, 3.63) is 42.7 Å². The van der Waals surface area contributed by atoms with E-state index in [1.807, 2.05) is 30.3 Å². The summed E-state index contributed by atoms with van der Waals surface area (Å²) in [7, 11) is 1.62. The van der Waals surface area contributed by atoms with Crippen molar-refractivity contribution in [3.63, 3.8) is 0 Å². The lowest BCUT2D eigenvalue weighted by molar-refractivity contribution is 0.413. The summed E-state index contributed by atoms with van der Waals surface area (Å²) >= 11 is 0. The van der Waals surface area contributed by atoms with Crippen molar-refractivity contribution in [1.29, 1.82) is 0 Å². The van der Waals surface area contributed by atoms with Gasteiger partial charge >= 0.3 is 0 Å². The molecular formula is C12H13N3O. The Balaban J connectivity index is 2.16. The van der Waals surface area contributed by atoms with Gasteiger partial charge in [0.05, 0.1) is 25.2 Å². The Morgan fingerprint density at radius 3 is 2.56 bits per heavy atom. The number of ether oxygens (including phenoxy) is 1. The molecule has 0 saturated carbocycles. The first kappa shape index (κ1) is 10.3. The maximum absolute atomic E-state index is 5.61. The molecule has 2 aromatic rings. The van der Waals surface area contributed by atoms with Crippen LogP contribution in [0.4, 0.5) is 17.1 Å². The number of pyridine rings is 1. The summed E-state index contributed by atoms with van der Waals surface area (Å²) in [6, 6.07) is 9.39. The van der Waals surface area contributed by atoms with Gasteiger partial charge in [0.1, 0.15) is 5.75 Å². The van der Waals surface area contributed by atoms with E-state index in [4.69, 9.17) is 10.5 Å². The largest absolute Gasteiger partial charge is 0.495 e. The van der Waals surface area contributed by atoms with Gasteiger partial charge in [-0.2, -0.15) is 0 Å². The molecule has 0 amide bonds. The summed E-state index contributed by atoms with van der Waals surface area (Å²) < 4.78 is 5.09. The van der Waals surface area contributed by atoms with E-state index in [-0.39, 0.29) is 0 Å². The minimum absolute atomic E-state index is 0.723. The zero-order valence-corrected chi connectivity index (χ0v) is 8.97. The van der Waals surface area contributed by atoms with Crippen LogP contribution < -0.4 is 15.8 Å². The van der Waals surface area contributed by atoms with E-state index in [9.17, 15) is 0 Å². The Kier molecular flexibility index (Phi) is 2.91. The minimum Gasteiger partial charge on any atom is -0.495 e. The van der Waals surface area contributed by atoms with Gasteiger partial charge < -0.3 is 15.8 Å². The average Bonchev–Trinajstić information content (AvgIpc) is 2.32. The molecule has 0 atom stereocenters. The predicted octanol–water partition coefficient (Wildman–Crippen LogP) is 2.42. The van der Waals surface area contributed by atoms with Gasteiger partial charge in [-0.05, 0) is 24.3 Å². The summed E-state index contributed by atoms with van der Waals surface area (Å²) in [5, 5.41) is 3.21. The van der Waals surface area contributed by atoms with Crippen molar-refractivity contribution in [2.75, 3.05) is 18.2 Å². The first-order valence-corrected chi connectivity index (χ1v) is 4.89. The highest BCUT2D eigenvalue weighted by Gasteiger charge is 1.97. The molecule has 0 bridgehead atoms. The number of hydrogen-bond donors (Lipinski definition) is 2. The maximum atomic E-state index is 5.61. The van der Waals surface area contributed by atoms with E-state index < -0.39 is 0 Å². The number of benzene rings is 1. The fraction of sp³-hybridized carbons (Fsp3) is 0.0833. The zero-order valence-electron chi connectivity index (χ0n) is 8.97. The van der Waals surface area contributed by atoms with Gasteiger partial charge in [0.25, 0.3) is 0 Å². The SMILES string of the molecule is COc1cncc(Nc2ccc(N)cc2)c1. The number of methoxy groups -OCH3 is 1. The van der Waals surface area contributed by atoms with Crippen LogP contribution >= 0.6 is 0 Å². The van der Waals surface area contributed by atoms with Crippen LogP contribution in [0.1, 0.15) is 0 Å². The molecule has 4 nitrogen and oxygen atoms in total. The second-order valence-electron chi connectivity index (χ2n) is 3.36. The van der Waals surface area contributed by atoms with Crippen molar-refractivity contribution in [2.45, 2.75) is 0 Å². The van der Waals surface area contributed by atoms with E-state index in [1.54, 1.807) is 19.5 Å². The fourth-order valence-corrected chi connectivity index (χ4v) is 1.33. The van der Waals surface area contributed by atoms with Crippen molar-refractivity contribution in [3.8, 4) is 5.75 Å². The highest BCUT2D eigenvalue weighted by Crippen LogP contribution is 2.20. The molecule has 1 heterocycles. The summed E-state index contributed by atoms with van der Waals surface area (Å²) in [5.41, 5.74) is 8.19. The second-order valence-corrected chi connectivity index (χ2v) is 3.36. The van der Waals surface area contributed by atoms with Crippen LogP contribution in [0.15, 0.2) is 42.7 Å². The Morgan fingerprint density at radius 1 is 1.12 bits per heavy atom. The molecule has 3 N–H and O–H groups in total. The van der Waals surface area contributed by atoms with Crippen LogP contribution in [-0.2, 0) is 0 Å². The average molecular weight is 215 g/mol. The molecule has 4 heteroatoms. The Morgan fingerprint density at radius 2 is 1.88 bits per heavy atom. The number of aromatic nitrogens is 1. The fourth-order valence-electron chi connectivity index (χ4n) is 1.33. The second kappa shape index (κ2) is 4.53. The monoisotopic (exact) mass is 215 g/mol. The van der Waals surface area contributed by atoms with E-state index in [0.29, 0.717) is 0 Å². The Bertz CT molecular complexity index is 468. The van der Waals surface area contributed by atoms with Crippen LogP contribution in [0.25, 0.3) is 0 Å². The number of nitrogen functional groups attached to an aromatic ring is 1. The van der Waals surface area contributed by atoms with Crippen LogP contribution in [0, 0.1) is 0 Å². The molecule has 0 spiro atoms. The number of rotatable bonds is 3. The van der Waals surface area contributed by atoms with Crippen LogP contribution in [0.3, 0.4) is 0 Å². The molecule has 0 unspecified atom stereocenters. The zero-order chi connectivity index (χ0) is 11.4. The first-order chi connectivity index (χ1) is 7.78. The highest BCUT2D eigenvalue weighted by molar-refractivity contribution is 5.61. The molecule has 16 heavy (non-hydrogen) atoms. The lowest BCUT2D eigenvalue weighted by Crippen LogP contribution is -1.93. The molecule has 0 aliphatic carbocycles. The minimum atomic E-state index is 0.723. The molecule has 0 saturated heterocycles. The van der Waals surface area contributed by atoms with Crippen LogP contribution in [0.2, 0.25) is 0 Å². The molecule has 82 valence electrons. The van der Waals surface area contributed by atoms with Gasteiger partial charge in [0, 0.05) is 17.4 Å². The third-order valence-electron chi connectivity index (χ3n) is 2.15. The molecular weight excluding hydrogens is 202 g/mol. The first-order valence-electron chi connectivity index (χ1n) is 4.89. The number of nitrogens with one attached hydrogen (secondary N) is 1. The lowest BCUT2D eigenvalue weighted by atomic mass is 10.3. The summed E-state index contributed by atoms with van der Waals surface area (Å²) in [6.07, 6.45) is 3.40. The standard InChI is InChI=1S/C12H13N3O/c1-16-12-6-11(7-14-8-12)15-10-4-2-9(13)3-5-10/h2-8,15H,13H2,1H3. The van der Waals surface area contributed by atoms with Crippen molar-refractivity contribution in [1.82, 2.24) is 4.98 Å². The predicted molar refractivity (Wildman–Crippen MR) is 64.9 cm³/mol. The molecule has 2 rings (SSSR count). The summed E-state index contributed by atoms with van der Waals surface area (Å²) in [4.78, 5) is 4.06. The quantitative estimate of drug-likeness (QED) is 0.772. The van der Waals surface area contributed by atoms with Gasteiger partial charge in [-0.15, -0.1) is 0 Å². The molecule has 1 aromatic carbocycles. The molecule has 1 aromatic heterocycles. The molecule has 0 aliphatic heterocycles. The van der Waals surface area contributed by atoms with E-state index >= 15 is 0 Å². The topological polar surface area (TPSA) is 60.2 Å². The van der Waals surface area contributed by atoms with Gasteiger partial charge in [-0.3, -0.25) is 4.98 Å². The third kappa shape index (κ3) is 2.42. The van der Waals surface area contributed by atoms with Gasteiger partial charge in [0.2, 0.25) is 0 Å². The highest BCUT2D eigenvalue weighted by atomic mass is 16.5. The number of anilines is 3. The molecule has 0 aliphatic rings. The maximum Gasteiger partial charge on any atom is 0.139 e. The van der Waals surface area contributed by atoms with Crippen molar-refractivity contribution >= 4 is 17.1 Å². The number of nitrogens with two attached hydrogens (primary N) is 1. The van der Waals surface area contributed by atoms with Gasteiger partial charge in [0.15, 0.2) is 0 Å². The smallest absolute Gasteiger partial charge is 0.139 e.